The van der Waals surface area contributed by atoms with Crippen LogP contribution in [0.15, 0.2) is 109 Å². The molecule has 1 amide bonds. The lowest BCUT2D eigenvalue weighted by Crippen LogP contribution is -2.28. The van der Waals surface area contributed by atoms with E-state index in [2.05, 4.69) is 25.3 Å². The van der Waals surface area contributed by atoms with Crippen molar-refractivity contribution in [2.75, 3.05) is 19.5 Å². The van der Waals surface area contributed by atoms with Crippen molar-refractivity contribution < 1.29 is 19.0 Å². The van der Waals surface area contributed by atoms with Crippen molar-refractivity contribution in [3.05, 3.63) is 120 Å². The number of methoxy groups -OCH3 is 2. The van der Waals surface area contributed by atoms with Crippen molar-refractivity contribution in [2.45, 2.75) is 0 Å². The number of nitrogens with zero attached hydrogens (tertiary/aromatic N) is 5. The van der Waals surface area contributed by atoms with E-state index < -0.39 is 11.5 Å². The zero-order valence-corrected chi connectivity index (χ0v) is 23.1. The van der Waals surface area contributed by atoms with Gasteiger partial charge in [0.1, 0.15) is 22.9 Å². The van der Waals surface area contributed by atoms with Crippen LogP contribution in [0.2, 0.25) is 0 Å². The second-order valence-corrected chi connectivity index (χ2v) is 9.21. The summed E-state index contributed by atoms with van der Waals surface area (Å²) in [6, 6.07) is 19.1. The van der Waals surface area contributed by atoms with Crippen molar-refractivity contribution >= 4 is 22.6 Å². The van der Waals surface area contributed by atoms with Gasteiger partial charge in [-0.2, -0.15) is 0 Å². The SMILES string of the molecule is COc1cc2nccc(Oc3ccc(NC(=O)c4cc(-c5cnccn5)cn(-c5ccccc5)c4=O)nc3)c2cc1OC. The van der Waals surface area contributed by atoms with Gasteiger partial charge in [-0.1, -0.05) is 18.2 Å². The van der Waals surface area contributed by atoms with E-state index in [1.54, 1.807) is 87.7 Å². The molecule has 0 bridgehead atoms. The largest absolute Gasteiger partial charge is 0.493 e. The van der Waals surface area contributed by atoms with Crippen LogP contribution in [0.5, 0.6) is 23.0 Å². The first-order valence-corrected chi connectivity index (χ1v) is 13.1. The molecule has 11 nitrogen and oxygen atoms in total. The lowest BCUT2D eigenvalue weighted by Gasteiger charge is -2.13. The quantitative estimate of drug-likeness (QED) is 0.258. The summed E-state index contributed by atoms with van der Waals surface area (Å²) < 4.78 is 18.3. The first kappa shape index (κ1) is 27.1. The number of amides is 1. The van der Waals surface area contributed by atoms with E-state index in [9.17, 15) is 9.59 Å². The average molecular weight is 573 g/mol. The molecule has 2 aromatic carbocycles. The molecule has 0 fully saturated rings. The van der Waals surface area contributed by atoms with Gasteiger partial charge in [0.25, 0.3) is 11.5 Å². The first-order valence-electron chi connectivity index (χ1n) is 13.1. The Balaban J connectivity index is 1.27. The molecule has 6 rings (SSSR count). The number of aromatic nitrogens is 5. The number of carbonyl (C=O) groups excluding carboxylic acids is 1. The molecule has 0 unspecified atom stereocenters. The van der Waals surface area contributed by atoms with E-state index in [1.165, 1.54) is 16.8 Å². The zero-order valence-electron chi connectivity index (χ0n) is 23.1. The highest BCUT2D eigenvalue weighted by atomic mass is 16.5. The van der Waals surface area contributed by atoms with Gasteiger partial charge in [0.2, 0.25) is 0 Å². The summed E-state index contributed by atoms with van der Waals surface area (Å²) in [6.45, 7) is 0. The number of nitrogens with one attached hydrogen (secondary N) is 1. The van der Waals surface area contributed by atoms with Crippen LogP contribution in [0, 0.1) is 0 Å². The van der Waals surface area contributed by atoms with Gasteiger partial charge in [-0.3, -0.25) is 29.1 Å². The van der Waals surface area contributed by atoms with Crippen LogP contribution < -0.4 is 25.1 Å². The predicted molar refractivity (Wildman–Crippen MR) is 160 cm³/mol. The van der Waals surface area contributed by atoms with Gasteiger partial charge in [0.05, 0.1) is 37.8 Å². The zero-order chi connectivity index (χ0) is 29.8. The Bertz CT molecular complexity index is 1980. The maximum Gasteiger partial charge on any atom is 0.267 e. The van der Waals surface area contributed by atoms with Crippen molar-refractivity contribution in [2.24, 2.45) is 0 Å². The lowest BCUT2D eigenvalue weighted by molar-refractivity contribution is 0.102. The molecule has 0 spiro atoms. The van der Waals surface area contributed by atoms with Crippen molar-refractivity contribution in [1.29, 1.82) is 0 Å². The molecule has 0 aliphatic rings. The monoisotopic (exact) mass is 572 g/mol. The van der Waals surface area contributed by atoms with E-state index in [0.29, 0.717) is 45.5 Å². The number of hydrogen-bond donors (Lipinski definition) is 1. The van der Waals surface area contributed by atoms with E-state index in [1.807, 2.05) is 18.2 Å². The molecule has 212 valence electrons. The molecule has 0 radical (unpaired) electrons. The molecule has 43 heavy (non-hydrogen) atoms. The highest BCUT2D eigenvalue weighted by molar-refractivity contribution is 6.04. The second-order valence-electron chi connectivity index (χ2n) is 9.21. The van der Waals surface area contributed by atoms with Gasteiger partial charge >= 0.3 is 0 Å². The van der Waals surface area contributed by atoms with Crippen LogP contribution in [0.3, 0.4) is 0 Å². The van der Waals surface area contributed by atoms with Gasteiger partial charge in [-0.05, 0) is 42.5 Å². The second kappa shape index (κ2) is 11.8. The van der Waals surface area contributed by atoms with Crippen molar-refractivity contribution in [1.82, 2.24) is 24.5 Å². The van der Waals surface area contributed by atoms with Gasteiger partial charge in [0, 0.05) is 47.5 Å². The summed E-state index contributed by atoms with van der Waals surface area (Å²) in [5, 5.41) is 3.43. The van der Waals surface area contributed by atoms with Crippen LogP contribution in [-0.4, -0.2) is 44.6 Å². The minimum absolute atomic E-state index is 0.0817. The summed E-state index contributed by atoms with van der Waals surface area (Å²) >= 11 is 0. The van der Waals surface area contributed by atoms with Crippen molar-refractivity contribution in [3.63, 3.8) is 0 Å². The summed E-state index contributed by atoms with van der Waals surface area (Å²) in [6.07, 6.45) is 9.40. The molecule has 4 heterocycles. The molecule has 0 aliphatic carbocycles. The predicted octanol–water partition coefficient (Wildman–Crippen LogP) is 5.30. The van der Waals surface area contributed by atoms with E-state index in [-0.39, 0.29) is 11.4 Å². The Hall–Kier alpha value is -6.10. The summed E-state index contributed by atoms with van der Waals surface area (Å²) in [5.41, 5.74) is 1.76. The fourth-order valence-electron chi connectivity index (χ4n) is 4.47. The van der Waals surface area contributed by atoms with Gasteiger partial charge in [-0.25, -0.2) is 4.98 Å². The Kier molecular flexibility index (Phi) is 7.43. The molecule has 0 saturated heterocycles. The topological polar surface area (TPSA) is 130 Å². The third kappa shape index (κ3) is 5.59. The number of fused-ring (bicyclic) bond motifs is 1. The van der Waals surface area contributed by atoms with E-state index in [0.717, 1.165) is 5.39 Å². The Morgan fingerprint density at radius 1 is 0.814 bits per heavy atom. The Morgan fingerprint density at radius 3 is 2.35 bits per heavy atom. The number of pyridine rings is 3. The molecule has 0 atom stereocenters. The third-order valence-corrected chi connectivity index (χ3v) is 6.57. The standard InChI is InChI=1S/C32H24N6O5/c1-41-28-15-23-25(16-29(28)42-2)34-11-10-27(23)43-22-8-9-30(36-17-22)37-31(39)24-14-20(26-18-33-12-13-35-26)19-38(32(24)40)21-6-4-3-5-7-21/h3-19H,1-2H3,(H,36,37,39). The smallest absolute Gasteiger partial charge is 0.267 e. The molecule has 0 aliphatic heterocycles. The van der Waals surface area contributed by atoms with Gasteiger partial charge in [0.15, 0.2) is 11.5 Å². The molecule has 0 saturated carbocycles. The van der Waals surface area contributed by atoms with E-state index in [4.69, 9.17) is 14.2 Å². The van der Waals surface area contributed by atoms with Gasteiger partial charge in [-0.15, -0.1) is 0 Å². The third-order valence-electron chi connectivity index (χ3n) is 6.57. The lowest BCUT2D eigenvalue weighted by atomic mass is 10.1. The maximum absolute atomic E-state index is 13.4. The van der Waals surface area contributed by atoms with Crippen LogP contribution in [0.1, 0.15) is 10.4 Å². The number of hydrogen-bond acceptors (Lipinski definition) is 9. The summed E-state index contributed by atoms with van der Waals surface area (Å²) in [7, 11) is 3.12. The molecular formula is C32H24N6O5. The normalized spacial score (nSPS) is 10.7. The highest BCUT2D eigenvalue weighted by Crippen LogP contribution is 2.36. The first-order chi connectivity index (χ1) is 21.0. The fourth-order valence-corrected chi connectivity index (χ4v) is 4.47. The molecule has 11 heteroatoms. The Morgan fingerprint density at radius 2 is 1.63 bits per heavy atom. The van der Waals surface area contributed by atoms with E-state index >= 15 is 0 Å². The van der Waals surface area contributed by atoms with Crippen molar-refractivity contribution in [3.8, 4) is 39.9 Å². The minimum Gasteiger partial charge on any atom is -0.493 e. The number of carbonyl (C=O) groups is 1. The maximum atomic E-state index is 13.4. The fraction of sp³-hybridized carbons (Fsp3) is 0.0625. The van der Waals surface area contributed by atoms with Crippen LogP contribution in [0.4, 0.5) is 5.82 Å². The number of rotatable bonds is 8. The summed E-state index contributed by atoms with van der Waals surface area (Å²) in [5.74, 6) is 1.67. The molecular weight excluding hydrogens is 548 g/mol. The van der Waals surface area contributed by atoms with Crippen LogP contribution >= 0.6 is 0 Å². The van der Waals surface area contributed by atoms with Crippen LogP contribution in [-0.2, 0) is 0 Å². The van der Waals surface area contributed by atoms with Crippen LogP contribution in [0.25, 0.3) is 27.8 Å². The molecule has 4 aromatic heterocycles. The number of benzene rings is 2. The highest BCUT2D eigenvalue weighted by Gasteiger charge is 2.18. The summed E-state index contributed by atoms with van der Waals surface area (Å²) in [4.78, 5) is 44.0. The Labute approximate surface area is 245 Å². The number of ether oxygens (including phenoxy) is 3. The number of anilines is 1. The van der Waals surface area contributed by atoms with Gasteiger partial charge < -0.3 is 19.5 Å². The molecule has 1 N–H and O–H groups in total. The molecule has 6 aromatic rings. The average Bonchev–Trinajstić information content (AvgIpc) is 3.06. The number of para-hydroxylation sites is 1. The minimum atomic E-state index is -0.622.